The van der Waals surface area contributed by atoms with Crippen LogP contribution in [0, 0.1) is 0 Å². The van der Waals surface area contributed by atoms with Crippen LogP contribution >= 0.6 is 0 Å². The molecule has 0 amide bonds. The molecule has 0 heterocycles. The van der Waals surface area contributed by atoms with Crippen molar-refractivity contribution in [3.8, 4) is 0 Å². The van der Waals surface area contributed by atoms with Crippen LogP contribution in [-0.4, -0.2) is 15.4 Å². The summed E-state index contributed by atoms with van der Waals surface area (Å²) in [5.41, 5.74) is -0.961. The quantitative estimate of drug-likeness (QED) is 0.434. The second-order valence-corrected chi connectivity index (χ2v) is 3.93. The van der Waals surface area contributed by atoms with E-state index < -0.39 is 27.6 Å². The summed E-state index contributed by atoms with van der Waals surface area (Å²) in [4.78, 5) is -0.777. The Labute approximate surface area is 77.8 Å². The fraction of sp³-hybridized carbons (Fsp3) is 0. The maximum atomic E-state index is 12.2. The van der Waals surface area contributed by atoms with Crippen molar-refractivity contribution in [2.24, 2.45) is 0 Å². The second-order valence-electron chi connectivity index (χ2n) is 2.58. The third-order valence-electron chi connectivity index (χ3n) is 1.54. The molecule has 0 unspecified atom stereocenters. The summed E-state index contributed by atoms with van der Waals surface area (Å²) in [6.07, 6.45) is 0. The molecule has 0 saturated heterocycles. The fourth-order valence-corrected chi connectivity index (χ4v) is 1.31. The highest BCUT2D eigenvalue weighted by Gasteiger charge is 2.25. The molecule has 1 aromatic rings. The first kappa shape index (κ1) is 11.0. The molecule has 0 aliphatic rings. The van der Waals surface area contributed by atoms with Crippen LogP contribution in [0.3, 0.4) is 0 Å². The van der Waals surface area contributed by atoms with Crippen molar-refractivity contribution in [2.45, 2.75) is 4.90 Å². The third-order valence-corrected chi connectivity index (χ3v) is 2.37. The van der Waals surface area contributed by atoms with Crippen molar-refractivity contribution in [3.63, 3.8) is 0 Å². The minimum absolute atomic E-state index is 0.534. The molecule has 1 aromatic carbocycles. The van der Waals surface area contributed by atoms with Gasteiger partial charge in [-0.2, -0.15) is 8.42 Å². The van der Waals surface area contributed by atoms with Gasteiger partial charge < -0.3 is 12.9 Å². The van der Waals surface area contributed by atoms with Crippen molar-refractivity contribution in [2.75, 3.05) is 0 Å². The molecule has 78 valence electrons. The van der Waals surface area contributed by atoms with E-state index in [0.29, 0.717) is 24.3 Å². The minimum atomic E-state index is -5.18. The van der Waals surface area contributed by atoms with Crippen molar-refractivity contribution in [1.82, 2.24) is 0 Å². The van der Waals surface area contributed by atoms with Gasteiger partial charge in [0, 0.05) is 0 Å². The van der Waals surface area contributed by atoms with Crippen molar-refractivity contribution >= 4 is 22.7 Å². The molecule has 1 rings (SSSR count). The first-order chi connectivity index (χ1) is 6.21. The van der Waals surface area contributed by atoms with Crippen LogP contribution in [0.2, 0.25) is 0 Å². The number of benzene rings is 1. The van der Waals surface area contributed by atoms with Gasteiger partial charge in [0.25, 0.3) is 0 Å². The van der Waals surface area contributed by atoms with Crippen LogP contribution in [0.1, 0.15) is 0 Å². The average Bonchev–Trinajstić information content (AvgIpc) is 2.01. The Morgan fingerprint density at radius 2 is 1.43 bits per heavy atom. The van der Waals surface area contributed by atoms with Crippen LogP contribution in [0.25, 0.3) is 0 Å². The van der Waals surface area contributed by atoms with E-state index in [9.17, 15) is 25.3 Å². The van der Waals surface area contributed by atoms with Crippen molar-refractivity contribution < 1.29 is 25.3 Å². The largest absolute Gasteiger partial charge is 0.509 e. The summed E-state index contributed by atoms with van der Waals surface area (Å²) in [5.74, 6) is 0. The van der Waals surface area contributed by atoms with E-state index >= 15 is 0 Å². The Balaban J connectivity index is 3.14. The van der Waals surface area contributed by atoms with E-state index in [4.69, 9.17) is 0 Å². The van der Waals surface area contributed by atoms with Gasteiger partial charge in [-0.05, 0) is 12.1 Å². The number of rotatable bonds is 2. The van der Waals surface area contributed by atoms with E-state index in [2.05, 4.69) is 0 Å². The Kier molecular flexibility index (Phi) is 2.57. The monoisotopic (exact) mass is 227 g/mol. The number of hydrogen-bond donors (Lipinski definition) is 0. The Hall–Kier alpha value is -1.05. The van der Waals surface area contributed by atoms with Crippen molar-refractivity contribution in [3.05, 3.63) is 24.3 Å². The molecule has 0 radical (unpaired) electrons. The molecule has 8 heteroatoms. The van der Waals surface area contributed by atoms with Crippen LogP contribution < -0.4 is 5.46 Å². The molecular weight excluding hydrogens is 223 g/mol. The van der Waals surface area contributed by atoms with E-state index in [1.165, 1.54) is 0 Å². The molecule has 0 bridgehead atoms. The van der Waals surface area contributed by atoms with Gasteiger partial charge in [0.1, 0.15) is 0 Å². The fourth-order valence-electron chi connectivity index (χ4n) is 0.849. The normalized spacial score (nSPS) is 12.9. The highest BCUT2D eigenvalue weighted by Crippen LogP contribution is 2.13. The second kappa shape index (κ2) is 3.27. The zero-order valence-corrected chi connectivity index (χ0v) is 7.44. The Morgan fingerprint density at radius 3 is 1.71 bits per heavy atom. The van der Waals surface area contributed by atoms with Gasteiger partial charge in [-0.1, -0.05) is 12.1 Å². The van der Waals surface area contributed by atoms with Gasteiger partial charge in [-0.25, -0.2) is 0 Å². The van der Waals surface area contributed by atoms with Gasteiger partial charge in [0.15, 0.2) is 0 Å². The van der Waals surface area contributed by atoms with Crippen LogP contribution in [0.4, 0.5) is 16.8 Å². The lowest BCUT2D eigenvalue weighted by Gasteiger charge is -2.14. The molecule has 14 heavy (non-hydrogen) atoms. The highest BCUT2D eigenvalue weighted by atomic mass is 32.3. The zero-order valence-electron chi connectivity index (χ0n) is 6.62. The zero-order chi connectivity index (χ0) is 11.0. The smallest absolute Gasteiger partial charge is 0.445 e. The standard InChI is InChI=1S/C6H4BF4O2S/c8-7(9,10)5-1-3-6(4-2-5)14(11,12)13/h1-4H/q-1. The maximum absolute atomic E-state index is 12.2. The van der Waals surface area contributed by atoms with Crippen LogP contribution in [0.5, 0.6) is 0 Å². The predicted octanol–water partition coefficient (Wildman–Crippen LogP) is 1.40. The molecule has 0 spiro atoms. The Morgan fingerprint density at radius 1 is 1.00 bits per heavy atom. The van der Waals surface area contributed by atoms with E-state index in [1.807, 2.05) is 0 Å². The average molecular weight is 227 g/mol. The molecule has 2 nitrogen and oxygen atoms in total. The minimum Gasteiger partial charge on any atom is -0.445 e. The van der Waals surface area contributed by atoms with Crippen LogP contribution in [-0.2, 0) is 10.2 Å². The highest BCUT2D eigenvalue weighted by molar-refractivity contribution is 7.86. The predicted molar refractivity (Wildman–Crippen MR) is 43.4 cm³/mol. The Bertz CT molecular complexity index is 422. The van der Waals surface area contributed by atoms with Gasteiger partial charge in [0.05, 0.1) is 4.90 Å². The third kappa shape index (κ3) is 2.47. The number of hydrogen-bond acceptors (Lipinski definition) is 2. The van der Waals surface area contributed by atoms with Gasteiger partial charge in [-0.3, -0.25) is 0 Å². The summed E-state index contributed by atoms with van der Waals surface area (Å²) in [6, 6.07) is 2.23. The molecule has 0 aromatic heterocycles. The van der Waals surface area contributed by atoms with Crippen LogP contribution in [0.15, 0.2) is 29.2 Å². The lowest BCUT2D eigenvalue weighted by Crippen LogP contribution is -2.33. The number of halogens is 4. The molecule has 0 fully saturated rings. The van der Waals surface area contributed by atoms with Crippen molar-refractivity contribution in [1.29, 1.82) is 0 Å². The summed E-state index contributed by atoms with van der Waals surface area (Å²) in [5, 5.41) is 0. The van der Waals surface area contributed by atoms with Gasteiger partial charge in [0.2, 0.25) is 0 Å². The molecule has 0 atom stereocenters. The van der Waals surface area contributed by atoms with E-state index in [0.717, 1.165) is 0 Å². The summed E-state index contributed by atoms with van der Waals surface area (Å²) in [6.45, 7) is -5.18. The molecular formula is C6H4BF4O2S-. The summed E-state index contributed by atoms with van der Waals surface area (Å²) in [7, 11) is -4.93. The SMILES string of the molecule is O=S(=O)(F)c1ccc([B-](F)(F)F)cc1. The van der Waals surface area contributed by atoms with E-state index in [-0.39, 0.29) is 0 Å². The molecule has 0 aliphatic heterocycles. The van der Waals surface area contributed by atoms with Gasteiger partial charge >= 0.3 is 17.2 Å². The topological polar surface area (TPSA) is 34.1 Å². The molecule has 0 N–H and O–H groups in total. The summed E-state index contributed by atoms with van der Waals surface area (Å²) < 4.78 is 68.9. The lowest BCUT2D eigenvalue weighted by atomic mass is 9.80. The first-order valence-corrected chi connectivity index (χ1v) is 4.84. The van der Waals surface area contributed by atoms with E-state index in [1.54, 1.807) is 0 Å². The van der Waals surface area contributed by atoms with Gasteiger partial charge in [-0.15, -0.1) is 9.35 Å². The first-order valence-electron chi connectivity index (χ1n) is 3.46. The molecule has 0 aliphatic carbocycles. The lowest BCUT2D eigenvalue weighted by molar-refractivity contribution is 0.500. The molecule has 0 saturated carbocycles. The summed E-state index contributed by atoms with van der Waals surface area (Å²) >= 11 is 0. The maximum Gasteiger partial charge on any atom is 0.509 e.